The Morgan fingerprint density at radius 3 is 1.81 bits per heavy atom. The minimum Gasteiger partial charge on any atom is -0.507 e. The first-order chi connectivity index (χ1) is 7.05. The molecule has 1 rings (SSSR count). The van der Waals surface area contributed by atoms with Gasteiger partial charge in [0.25, 0.3) is 0 Å². The van der Waals surface area contributed by atoms with E-state index in [4.69, 9.17) is 5.11 Å². The number of hydrogen-bond acceptors (Lipinski definition) is 1. The number of phenols is 1. The van der Waals surface area contributed by atoms with E-state index in [0.29, 0.717) is 12.1 Å². The van der Waals surface area contributed by atoms with Gasteiger partial charge in [-0.3, -0.25) is 0 Å². The Hall–Kier alpha value is -0.920. The van der Waals surface area contributed by atoms with Crippen molar-refractivity contribution in [3.8, 4) is 5.75 Å². The highest BCUT2D eigenvalue weighted by Crippen LogP contribution is 2.46. The van der Waals surface area contributed by atoms with Gasteiger partial charge in [0, 0.05) is 4.47 Å². The highest BCUT2D eigenvalue weighted by molar-refractivity contribution is 9.10. The molecule has 0 saturated carbocycles. The Morgan fingerprint density at radius 1 is 0.938 bits per heavy atom. The number of rotatable bonds is 0. The maximum Gasteiger partial charge on any atom is 0.421 e. The molecule has 0 aliphatic rings. The predicted octanol–water partition coefficient (Wildman–Crippen LogP) is 4.19. The highest BCUT2D eigenvalue weighted by atomic mass is 79.9. The van der Waals surface area contributed by atoms with E-state index in [-0.39, 0.29) is 0 Å². The minimum atomic E-state index is -5.07. The quantitative estimate of drug-likeness (QED) is 0.712. The van der Waals surface area contributed by atoms with Gasteiger partial charge in [-0.1, -0.05) is 15.9 Å². The van der Waals surface area contributed by atoms with Crippen molar-refractivity contribution in [1.29, 1.82) is 0 Å². The van der Waals surface area contributed by atoms with Crippen LogP contribution in [-0.2, 0) is 12.4 Å². The molecule has 90 valence electrons. The number of phenolic OH excluding ortho intramolecular Hbond substituents is 1. The van der Waals surface area contributed by atoms with Gasteiger partial charge in [-0.05, 0) is 12.1 Å². The van der Waals surface area contributed by atoms with Crippen LogP contribution in [0.2, 0.25) is 0 Å². The summed E-state index contributed by atoms with van der Waals surface area (Å²) >= 11 is 2.44. The molecule has 1 aromatic carbocycles. The molecule has 0 atom stereocenters. The van der Waals surface area contributed by atoms with E-state index in [0.717, 1.165) is 0 Å². The summed E-state index contributed by atoms with van der Waals surface area (Å²) in [6.07, 6.45) is -10.1. The Bertz CT molecular complexity index is 408. The first-order valence-corrected chi connectivity index (χ1v) is 4.50. The van der Waals surface area contributed by atoms with Crippen LogP contribution < -0.4 is 0 Å². The fourth-order valence-corrected chi connectivity index (χ4v) is 1.61. The van der Waals surface area contributed by atoms with Crippen LogP contribution in [0, 0.1) is 0 Å². The number of benzene rings is 1. The second-order valence-electron chi connectivity index (χ2n) is 2.81. The van der Waals surface area contributed by atoms with Gasteiger partial charge in [-0.25, -0.2) is 0 Å². The summed E-state index contributed by atoms with van der Waals surface area (Å²) in [4.78, 5) is 0. The topological polar surface area (TPSA) is 20.2 Å². The van der Waals surface area contributed by atoms with Gasteiger partial charge in [0.1, 0.15) is 11.3 Å². The molecule has 0 aromatic heterocycles. The average molecular weight is 309 g/mol. The van der Waals surface area contributed by atoms with Crippen molar-refractivity contribution in [2.45, 2.75) is 12.4 Å². The smallest absolute Gasteiger partial charge is 0.421 e. The molecular formula is C8H3BrF6O. The minimum absolute atomic E-state index is 0.370. The maximum atomic E-state index is 12.3. The van der Waals surface area contributed by atoms with E-state index in [1.54, 1.807) is 0 Å². The zero-order chi connectivity index (χ0) is 12.7. The van der Waals surface area contributed by atoms with Crippen molar-refractivity contribution in [2.75, 3.05) is 0 Å². The molecule has 0 aliphatic carbocycles. The predicted molar refractivity (Wildman–Crippen MR) is 45.8 cm³/mol. The van der Waals surface area contributed by atoms with E-state index in [1.807, 2.05) is 0 Å². The monoisotopic (exact) mass is 308 g/mol. The molecular weight excluding hydrogens is 306 g/mol. The number of hydrogen-bond donors (Lipinski definition) is 1. The van der Waals surface area contributed by atoms with Gasteiger partial charge in [0.2, 0.25) is 0 Å². The van der Waals surface area contributed by atoms with E-state index < -0.39 is 33.7 Å². The van der Waals surface area contributed by atoms with Gasteiger partial charge in [-0.15, -0.1) is 0 Å². The molecule has 0 spiro atoms. The van der Waals surface area contributed by atoms with Crippen LogP contribution in [0.3, 0.4) is 0 Å². The average Bonchev–Trinajstić information content (AvgIpc) is 1.97. The normalized spacial score (nSPS) is 12.9. The molecule has 0 bridgehead atoms. The molecule has 8 heteroatoms. The largest absolute Gasteiger partial charge is 0.507 e. The molecule has 1 nitrogen and oxygen atoms in total. The lowest BCUT2D eigenvalue weighted by atomic mass is 10.1. The standard InChI is InChI=1S/C8H3BrF6O/c9-4-2-1-3(7(10,11)12)6(16)5(4)8(13,14)15/h1-2,16H. The summed E-state index contributed by atoms with van der Waals surface area (Å²) < 4.78 is 72.9. The van der Waals surface area contributed by atoms with E-state index >= 15 is 0 Å². The van der Waals surface area contributed by atoms with Crippen molar-refractivity contribution >= 4 is 15.9 Å². The first-order valence-electron chi connectivity index (χ1n) is 3.71. The van der Waals surface area contributed by atoms with Gasteiger partial charge >= 0.3 is 12.4 Å². The van der Waals surface area contributed by atoms with Crippen LogP contribution in [-0.4, -0.2) is 5.11 Å². The van der Waals surface area contributed by atoms with Crippen LogP contribution in [0.5, 0.6) is 5.75 Å². The van der Waals surface area contributed by atoms with Crippen molar-refractivity contribution in [3.05, 3.63) is 27.7 Å². The number of aromatic hydroxyl groups is 1. The second kappa shape index (κ2) is 3.83. The molecule has 0 aliphatic heterocycles. The number of alkyl halides is 6. The second-order valence-corrected chi connectivity index (χ2v) is 3.67. The van der Waals surface area contributed by atoms with Crippen molar-refractivity contribution in [3.63, 3.8) is 0 Å². The summed E-state index contributed by atoms with van der Waals surface area (Å²) in [5.74, 6) is -1.82. The van der Waals surface area contributed by atoms with Crippen LogP contribution in [0.25, 0.3) is 0 Å². The zero-order valence-corrected chi connectivity index (χ0v) is 8.83. The van der Waals surface area contributed by atoms with Crippen LogP contribution >= 0.6 is 15.9 Å². The molecule has 16 heavy (non-hydrogen) atoms. The molecule has 0 amide bonds. The van der Waals surface area contributed by atoms with Crippen molar-refractivity contribution < 1.29 is 31.4 Å². The lowest BCUT2D eigenvalue weighted by Crippen LogP contribution is -2.12. The highest BCUT2D eigenvalue weighted by Gasteiger charge is 2.42. The lowest BCUT2D eigenvalue weighted by Gasteiger charge is -2.15. The Morgan fingerprint density at radius 2 is 1.44 bits per heavy atom. The maximum absolute atomic E-state index is 12.3. The third-order valence-corrected chi connectivity index (χ3v) is 2.38. The van der Waals surface area contributed by atoms with Crippen LogP contribution in [0.15, 0.2) is 16.6 Å². The SMILES string of the molecule is Oc1c(C(F)(F)F)ccc(Br)c1C(F)(F)F. The van der Waals surface area contributed by atoms with E-state index in [1.165, 1.54) is 0 Å². The van der Waals surface area contributed by atoms with Crippen LogP contribution in [0.1, 0.15) is 11.1 Å². The third kappa shape index (κ3) is 2.42. The molecule has 0 saturated heterocycles. The summed E-state index contributed by atoms with van der Waals surface area (Å²) in [5, 5.41) is 8.97. The Balaban J connectivity index is 3.52. The van der Waals surface area contributed by atoms with Gasteiger partial charge in [0.15, 0.2) is 0 Å². The fraction of sp³-hybridized carbons (Fsp3) is 0.250. The van der Waals surface area contributed by atoms with Crippen molar-refractivity contribution in [2.24, 2.45) is 0 Å². The fourth-order valence-electron chi connectivity index (χ4n) is 1.06. The molecule has 0 unspecified atom stereocenters. The first kappa shape index (κ1) is 13.1. The molecule has 1 N–H and O–H groups in total. The van der Waals surface area contributed by atoms with E-state index in [2.05, 4.69) is 15.9 Å². The third-order valence-electron chi connectivity index (χ3n) is 1.72. The summed E-state index contributed by atoms with van der Waals surface area (Å²) in [7, 11) is 0. The van der Waals surface area contributed by atoms with Gasteiger partial charge < -0.3 is 5.11 Å². The molecule has 1 aromatic rings. The van der Waals surface area contributed by atoms with Gasteiger partial charge in [-0.2, -0.15) is 26.3 Å². The van der Waals surface area contributed by atoms with Crippen molar-refractivity contribution in [1.82, 2.24) is 0 Å². The summed E-state index contributed by atoms with van der Waals surface area (Å²) in [5.41, 5.74) is -3.45. The molecule has 0 fully saturated rings. The summed E-state index contributed by atoms with van der Waals surface area (Å²) in [6, 6.07) is 0.958. The van der Waals surface area contributed by atoms with Crippen LogP contribution in [0.4, 0.5) is 26.3 Å². The lowest BCUT2D eigenvalue weighted by molar-refractivity contribution is -0.145. The Kier molecular flexibility index (Phi) is 3.15. The number of halogens is 7. The van der Waals surface area contributed by atoms with Gasteiger partial charge in [0.05, 0.1) is 5.56 Å². The summed E-state index contributed by atoms with van der Waals surface area (Å²) in [6.45, 7) is 0. The molecule has 0 radical (unpaired) electrons. The Labute approximate surface area is 93.8 Å². The zero-order valence-electron chi connectivity index (χ0n) is 7.25. The molecule has 0 heterocycles. The van der Waals surface area contributed by atoms with E-state index in [9.17, 15) is 26.3 Å².